The second kappa shape index (κ2) is 17.9. The van der Waals surface area contributed by atoms with E-state index in [0.29, 0.717) is 11.5 Å². The molecule has 0 saturated heterocycles. The first-order chi connectivity index (χ1) is 25.0. The summed E-state index contributed by atoms with van der Waals surface area (Å²) >= 11 is 0. The molecule has 1 fully saturated rings. The summed E-state index contributed by atoms with van der Waals surface area (Å²) in [6, 6.07) is 8.92. The molecule has 0 heterocycles. The number of aromatic hydroxyl groups is 2. The molecule has 2 aromatic carbocycles. The van der Waals surface area contributed by atoms with Crippen LogP contribution in [0.5, 0.6) is 11.5 Å². The van der Waals surface area contributed by atoms with Gasteiger partial charge in [-0.1, -0.05) is 163 Å². The van der Waals surface area contributed by atoms with Gasteiger partial charge in [0.05, 0.1) is 12.1 Å². The van der Waals surface area contributed by atoms with Crippen molar-refractivity contribution < 1.29 is 27.0 Å². The Morgan fingerprint density at radius 2 is 0.719 bits per heavy atom. The van der Waals surface area contributed by atoms with Crippen LogP contribution in [-0.2, 0) is 38.4 Å². The number of benzene rings is 2. The van der Waals surface area contributed by atoms with Gasteiger partial charge in [0.2, 0.25) is 0 Å². The monoisotopic (exact) mass is 830 g/mol. The molecule has 1 radical (unpaired) electrons. The van der Waals surface area contributed by atoms with Crippen LogP contribution in [-0.4, -0.2) is 34.7 Å². The number of rotatable bonds is 12. The maximum absolute atomic E-state index is 12.0. The Morgan fingerprint density at radius 1 is 0.456 bits per heavy atom. The van der Waals surface area contributed by atoms with Gasteiger partial charge in [0, 0.05) is 51.5 Å². The number of hydrogen-bond donors (Lipinski definition) is 2. The van der Waals surface area contributed by atoms with Crippen molar-refractivity contribution in [1.29, 1.82) is 0 Å². The summed E-state index contributed by atoms with van der Waals surface area (Å²) in [5, 5.41) is 24.0. The fourth-order valence-corrected chi connectivity index (χ4v) is 10.8. The van der Waals surface area contributed by atoms with Crippen molar-refractivity contribution in [1.82, 2.24) is 0 Å². The molecule has 57 heavy (non-hydrogen) atoms. The minimum atomic E-state index is -0.227. The van der Waals surface area contributed by atoms with E-state index in [9.17, 15) is 10.2 Å². The predicted molar refractivity (Wildman–Crippen MR) is 246 cm³/mol. The second-order valence-electron chi connectivity index (χ2n) is 25.4. The average Bonchev–Trinajstić information content (AvgIpc) is 2.95. The summed E-state index contributed by atoms with van der Waals surface area (Å²) in [5.74, 6) is 0.693. The number of hydrogen-bond acceptors (Lipinski definition) is 4. The van der Waals surface area contributed by atoms with Gasteiger partial charge in [0.1, 0.15) is 11.5 Å². The van der Waals surface area contributed by atoms with Crippen LogP contribution in [0.25, 0.3) is 0 Å². The second-order valence-corrected chi connectivity index (χ2v) is 25.4. The minimum Gasteiger partial charge on any atom is -0.507 e. The Hall–Kier alpha value is -2.11. The summed E-state index contributed by atoms with van der Waals surface area (Å²) < 4.78 is 0. The van der Waals surface area contributed by atoms with Crippen molar-refractivity contribution in [2.45, 2.75) is 224 Å². The maximum atomic E-state index is 12.0. The first-order valence-corrected chi connectivity index (χ1v) is 21.8. The smallest absolute Gasteiger partial charge is 0.128 e. The zero-order valence-corrected chi connectivity index (χ0v) is 41.4. The van der Waals surface area contributed by atoms with Crippen LogP contribution < -0.4 is 0 Å². The van der Waals surface area contributed by atoms with E-state index >= 15 is 0 Å². The van der Waals surface area contributed by atoms with Crippen molar-refractivity contribution >= 4 is 12.4 Å². The van der Waals surface area contributed by atoms with E-state index in [1.807, 2.05) is 12.4 Å². The van der Waals surface area contributed by atoms with Crippen LogP contribution in [0.3, 0.4) is 0 Å². The fourth-order valence-electron chi connectivity index (χ4n) is 10.8. The summed E-state index contributed by atoms with van der Waals surface area (Å²) in [5.41, 5.74) is 5.99. The molecule has 5 heteroatoms. The SMILES string of the molecule is CC(C)(C)CC(C)(C)c1cc(C=N[C@H]2CCCC[C@@H]2N=Cc2cc(C(C)(C)CC(C)(C)C)cc(C(C)(C)CC(C)(C)C)c2O)c(O)c(C(C)(C)CC(C)(C)C)c1.[Co]. The molecule has 0 spiro atoms. The molecule has 3 rings (SSSR count). The number of nitrogens with zero attached hydrogens (tertiary/aromatic N) is 2. The normalized spacial score (nSPS) is 18.4. The Labute approximate surface area is 362 Å². The van der Waals surface area contributed by atoms with E-state index in [4.69, 9.17) is 9.98 Å². The van der Waals surface area contributed by atoms with Gasteiger partial charge in [-0.25, -0.2) is 0 Å². The van der Waals surface area contributed by atoms with Crippen LogP contribution in [0.2, 0.25) is 0 Å². The minimum absolute atomic E-state index is 0. The van der Waals surface area contributed by atoms with Crippen LogP contribution in [0.15, 0.2) is 34.3 Å². The topological polar surface area (TPSA) is 65.2 Å². The van der Waals surface area contributed by atoms with Gasteiger partial charge >= 0.3 is 0 Å². The standard InChI is InChI=1S/C52H86N2O2.Co/c1-45(2,3)31-49(13,14)37-25-35(43(55)39(27-37)51(17,18)33-47(7,8)9)29-53-41-23-21-22-24-42(41)54-30-36-26-38(50(15,16)32-46(4,5)6)28-40(44(36)56)52(19,20)34-48(10,11)12;/h25-30,41-42,55-56H,21-24,31-34H2,1-20H3;/t41-,42-;/m0./s1. The Balaban J connectivity index is 0.0000112. The number of aliphatic imine (C=N–C) groups is 2. The molecule has 1 saturated carbocycles. The molecule has 0 aromatic heterocycles. The Kier molecular flexibility index (Phi) is 16.0. The van der Waals surface area contributed by atoms with Gasteiger partial charge in [-0.15, -0.1) is 0 Å². The van der Waals surface area contributed by atoms with Gasteiger partial charge in [-0.2, -0.15) is 0 Å². The molecule has 0 bridgehead atoms. The third-order valence-corrected chi connectivity index (χ3v) is 11.7. The van der Waals surface area contributed by atoms with Crippen molar-refractivity contribution in [2.24, 2.45) is 31.6 Å². The number of phenolic OH excluding ortho intramolecular Hbond substituents is 2. The molecule has 2 atom stereocenters. The number of phenols is 2. The molecule has 0 amide bonds. The van der Waals surface area contributed by atoms with E-state index in [1.54, 1.807) is 0 Å². The van der Waals surface area contributed by atoms with E-state index in [-0.39, 0.29) is 72.2 Å². The third-order valence-electron chi connectivity index (χ3n) is 11.7. The van der Waals surface area contributed by atoms with Gasteiger partial charge in [-0.05, 0) is 105 Å². The van der Waals surface area contributed by atoms with Crippen LogP contribution in [0.4, 0.5) is 0 Å². The van der Waals surface area contributed by atoms with E-state index in [0.717, 1.165) is 73.6 Å². The summed E-state index contributed by atoms with van der Waals surface area (Å²) in [6.45, 7) is 45.9. The van der Waals surface area contributed by atoms with Crippen LogP contribution in [0, 0.1) is 21.7 Å². The first-order valence-electron chi connectivity index (χ1n) is 21.8. The largest absolute Gasteiger partial charge is 0.507 e. The summed E-state index contributed by atoms with van der Waals surface area (Å²) in [7, 11) is 0. The molecule has 0 unspecified atom stereocenters. The van der Waals surface area contributed by atoms with Crippen molar-refractivity contribution in [2.75, 3.05) is 0 Å². The zero-order chi connectivity index (χ0) is 43.1. The molecular weight excluding hydrogens is 744 g/mol. The average molecular weight is 830 g/mol. The molecule has 1 aliphatic carbocycles. The van der Waals surface area contributed by atoms with Crippen molar-refractivity contribution in [3.63, 3.8) is 0 Å². The van der Waals surface area contributed by atoms with Crippen molar-refractivity contribution in [3.8, 4) is 11.5 Å². The summed E-state index contributed by atoms with van der Waals surface area (Å²) in [4.78, 5) is 10.5. The van der Waals surface area contributed by atoms with Gasteiger partial charge < -0.3 is 10.2 Å². The predicted octanol–water partition coefficient (Wildman–Crippen LogP) is 14.8. The Bertz CT molecular complexity index is 1590. The zero-order valence-electron chi connectivity index (χ0n) is 40.4. The molecule has 0 aliphatic heterocycles. The van der Waals surface area contributed by atoms with E-state index in [2.05, 4.69) is 163 Å². The van der Waals surface area contributed by atoms with E-state index in [1.165, 1.54) is 11.1 Å². The van der Waals surface area contributed by atoms with Crippen molar-refractivity contribution in [3.05, 3.63) is 57.6 Å². The molecule has 2 N–H and O–H groups in total. The summed E-state index contributed by atoms with van der Waals surface area (Å²) in [6.07, 6.45) is 11.9. The van der Waals surface area contributed by atoms with Gasteiger partial charge in [0.15, 0.2) is 0 Å². The molecule has 325 valence electrons. The van der Waals surface area contributed by atoms with E-state index < -0.39 is 0 Å². The Morgan fingerprint density at radius 3 is 0.982 bits per heavy atom. The molecule has 4 nitrogen and oxygen atoms in total. The molecule has 2 aromatic rings. The van der Waals surface area contributed by atoms with Gasteiger partial charge in [0.25, 0.3) is 0 Å². The van der Waals surface area contributed by atoms with Crippen LogP contribution in [0.1, 0.15) is 223 Å². The fraction of sp³-hybridized carbons (Fsp3) is 0.731. The maximum Gasteiger partial charge on any atom is 0.128 e. The first kappa shape index (κ1) is 51.0. The third kappa shape index (κ3) is 14.8. The molecular formula is C52H86CoN2O2. The quantitative estimate of drug-likeness (QED) is 0.209. The molecule has 1 aliphatic rings. The van der Waals surface area contributed by atoms with Crippen LogP contribution >= 0.6 is 0 Å². The van der Waals surface area contributed by atoms with Gasteiger partial charge in [-0.3, -0.25) is 9.98 Å².